The van der Waals surface area contributed by atoms with Crippen molar-refractivity contribution in [2.24, 2.45) is 0 Å². The van der Waals surface area contributed by atoms with Crippen LogP contribution in [-0.2, 0) is 0 Å². The number of hydrogen-bond donors (Lipinski definition) is 1. The molecule has 28 heavy (non-hydrogen) atoms. The van der Waals surface area contributed by atoms with Crippen molar-refractivity contribution in [1.82, 2.24) is 30.5 Å². The van der Waals surface area contributed by atoms with E-state index in [1.54, 1.807) is 12.1 Å². The van der Waals surface area contributed by atoms with Crippen molar-refractivity contribution in [3.05, 3.63) is 53.5 Å². The molecule has 9 heteroatoms. The molecule has 4 rings (SSSR count). The molecule has 2 heterocycles. The van der Waals surface area contributed by atoms with Gasteiger partial charge in [-0.15, -0.1) is 5.10 Å². The first-order chi connectivity index (χ1) is 13.4. The van der Waals surface area contributed by atoms with Crippen molar-refractivity contribution in [2.75, 3.05) is 0 Å². The van der Waals surface area contributed by atoms with Crippen LogP contribution in [0.25, 0.3) is 16.9 Å². The van der Waals surface area contributed by atoms with Crippen LogP contribution in [0.4, 0.5) is 8.78 Å². The number of carbonyl (C=O) groups is 1. The summed E-state index contributed by atoms with van der Waals surface area (Å²) in [6, 6.07) is 5.73. The molecule has 1 fully saturated rings. The van der Waals surface area contributed by atoms with Crippen LogP contribution in [0.2, 0.25) is 0 Å². The smallest absolute Gasteiger partial charge is 0.251 e. The molecule has 0 radical (unpaired) electrons. The average Bonchev–Trinajstić information content (AvgIpc) is 3.32. The van der Waals surface area contributed by atoms with E-state index in [-0.39, 0.29) is 23.6 Å². The van der Waals surface area contributed by atoms with Gasteiger partial charge in [0.25, 0.3) is 5.91 Å². The van der Waals surface area contributed by atoms with Crippen molar-refractivity contribution in [3.8, 4) is 16.9 Å². The zero-order chi connectivity index (χ0) is 19.8. The molecule has 0 spiro atoms. The number of aromatic nitrogens is 5. The molecule has 7 nitrogen and oxygen atoms in total. The highest BCUT2D eigenvalue weighted by Gasteiger charge is 2.25. The number of hydrogen-bond acceptors (Lipinski definition) is 5. The highest BCUT2D eigenvalue weighted by molar-refractivity contribution is 5.96. The minimum absolute atomic E-state index is 0.0306. The Morgan fingerprint density at radius 1 is 1.21 bits per heavy atom. The molecule has 1 N–H and O–H groups in total. The Hall–Kier alpha value is -3.23. The zero-order valence-electron chi connectivity index (χ0n) is 15.4. The lowest BCUT2D eigenvalue weighted by molar-refractivity contribution is 0.0951. The fourth-order valence-corrected chi connectivity index (χ4v) is 2.86. The van der Waals surface area contributed by atoms with Crippen LogP contribution in [0.1, 0.15) is 48.8 Å². The van der Waals surface area contributed by atoms with Gasteiger partial charge in [0.1, 0.15) is 11.5 Å². The number of benzene rings is 1. The molecule has 1 aliphatic carbocycles. The lowest BCUT2D eigenvalue weighted by Gasteiger charge is -2.12. The number of amides is 1. The van der Waals surface area contributed by atoms with Crippen LogP contribution >= 0.6 is 0 Å². The summed E-state index contributed by atoms with van der Waals surface area (Å²) >= 11 is 0. The fourth-order valence-electron chi connectivity index (χ4n) is 2.86. The summed E-state index contributed by atoms with van der Waals surface area (Å²) in [4.78, 5) is 16.5. The number of pyridine rings is 1. The largest absolute Gasteiger partial charge is 0.349 e. The maximum Gasteiger partial charge on any atom is 0.251 e. The Morgan fingerprint density at radius 2 is 2.00 bits per heavy atom. The summed E-state index contributed by atoms with van der Waals surface area (Å²) in [5, 5.41) is 14.6. The van der Waals surface area contributed by atoms with E-state index in [0.717, 1.165) is 25.1 Å². The number of nitrogens with one attached hydrogen (secondary N) is 1. The van der Waals surface area contributed by atoms with E-state index in [1.807, 2.05) is 13.8 Å². The summed E-state index contributed by atoms with van der Waals surface area (Å²) in [6.45, 7) is 3.88. The van der Waals surface area contributed by atoms with Crippen LogP contribution in [0, 0.1) is 11.6 Å². The van der Waals surface area contributed by atoms with E-state index >= 15 is 0 Å². The molecule has 0 saturated heterocycles. The second-order valence-electron chi connectivity index (χ2n) is 7.10. The van der Waals surface area contributed by atoms with Crippen molar-refractivity contribution in [3.63, 3.8) is 0 Å². The third-order valence-electron chi connectivity index (χ3n) is 4.43. The van der Waals surface area contributed by atoms with E-state index < -0.39 is 11.6 Å². The lowest BCUT2D eigenvalue weighted by Crippen LogP contribution is -2.25. The Balaban J connectivity index is 1.85. The minimum atomic E-state index is -0.813. The van der Waals surface area contributed by atoms with E-state index in [9.17, 15) is 13.6 Å². The highest BCUT2D eigenvalue weighted by atomic mass is 19.1. The van der Waals surface area contributed by atoms with Gasteiger partial charge in [-0.05, 0) is 41.5 Å². The van der Waals surface area contributed by atoms with Gasteiger partial charge in [-0.25, -0.2) is 8.78 Å². The topological polar surface area (TPSA) is 85.6 Å². The van der Waals surface area contributed by atoms with E-state index in [1.165, 1.54) is 10.7 Å². The van der Waals surface area contributed by atoms with Gasteiger partial charge < -0.3 is 5.32 Å². The molecule has 1 aliphatic rings. The standard InChI is InChI=1S/C19H18F2N6O/c1-10(2)18-24-25-26-27(18)15-6-11(17-16(21)8-13(20)9-22-17)5-12(7-15)19(28)23-14-3-4-14/h5-10,14H,3-4H2,1-2H3,(H,23,28). The number of tetrazole rings is 1. The summed E-state index contributed by atoms with van der Waals surface area (Å²) in [5.41, 5.74) is 1.11. The summed E-state index contributed by atoms with van der Waals surface area (Å²) in [6.07, 6.45) is 2.82. The van der Waals surface area contributed by atoms with Gasteiger partial charge in [-0.2, -0.15) is 4.68 Å². The van der Waals surface area contributed by atoms with Gasteiger partial charge >= 0.3 is 0 Å². The number of nitrogens with zero attached hydrogens (tertiary/aromatic N) is 5. The van der Waals surface area contributed by atoms with Crippen molar-refractivity contribution in [1.29, 1.82) is 0 Å². The van der Waals surface area contributed by atoms with Crippen molar-refractivity contribution in [2.45, 2.75) is 38.6 Å². The molecule has 2 aromatic heterocycles. The molecular weight excluding hydrogens is 366 g/mol. The Labute approximate surface area is 159 Å². The maximum absolute atomic E-state index is 14.3. The van der Waals surface area contributed by atoms with Crippen LogP contribution in [0.15, 0.2) is 30.5 Å². The number of halogens is 2. The first-order valence-electron chi connectivity index (χ1n) is 8.98. The van der Waals surface area contributed by atoms with Crippen molar-refractivity contribution >= 4 is 5.91 Å². The van der Waals surface area contributed by atoms with Gasteiger partial charge in [-0.1, -0.05) is 13.8 Å². The summed E-state index contributed by atoms with van der Waals surface area (Å²) in [7, 11) is 0. The summed E-state index contributed by atoms with van der Waals surface area (Å²) in [5.74, 6) is -1.23. The maximum atomic E-state index is 14.3. The van der Waals surface area contributed by atoms with E-state index in [0.29, 0.717) is 22.6 Å². The van der Waals surface area contributed by atoms with Crippen molar-refractivity contribution < 1.29 is 13.6 Å². The van der Waals surface area contributed by atoms with Gasteiger partial charge in [0.05, 0.1) is 11.9 Å². The normalized spacial score (nSPS) is 13.8. The minimum Gasteiger partial charge on any atom is -0.349 e. The SMILES string of the molecule is CC(C)c1nnnn1-c1cc(C(=O)NC2CC2)cc(-c2ncc(F)cc2F)c1. The first kappa shape index (κ1) is 18.1. The Morgan fingerprint density at radius 3 is 2.68 bits per heavy atom. The molecule has 0 unspecified atom stereocenters. The Kier molecular flexibility index (Phi) is 4.58. The predicted octanol–water partition coefficient (Wildman–Crippen LogP) is 3.02. The van der Waals surface area contributed by atoms with E-state index in [2.05, 4.69) is 25.8 Å². The molecule has 1 saturated carbocycles. The highest BCUT2D eigenvalue weighted by Crippen LogP contribution is 2.27. The Bertz CT molecular complexity index is 1040. The predicted molar refractivity (Wildman–Crippen MR) is 96.9 cm³/mol. The van der Waals surface area contributed by atoms with Gasteiger partial charge in [-0.3, -0.25) is 9.78 Å². The van der Waals surface area contributed by atoms with Crippen LogP contribution < -0.4 is 5.32 Å². The fraction of sp³-hybridized carbons (Fsp3) is 0.316. The van der Waals surface area contributed by atoms with E-state index in [4.69, 9.17) is 0 Å². The number of rotatable bonds is 5. The second kappa shape index (κ2) is 7.06. The van der Waals surface area contributed by atoms with Gasteiger partial charge in [0.2, 0.25) is 0 Å². The second-order valence-corrected chi connectivity index (χ2v) is 7.10. The van der Waals surface area contributed by atoms with Crippen LogP contribution in [-0.4, -0.2) is 37.1 Å². The molecule has 1 aromatic carbocycles. The number of carbonyl (C=O) groups excluding carboxylic acids is 1. The zero-order valence-corrected chi connectivity index (χ0v) is 15.4. The third kappa shape index (κ3) is 3.60. The first-order valence-corrected chi connectivity index (χ1v) is 8.98. The van der Waals surface area contributed by atoms with Crippen LogP contribution in [0.5, 0.6) is 0 Å². The van der Waals surface area contributed by atoms with Gasteiger partial charge in [0.15, 0.2) is 11.6 Å². The van der Waals surface area contributed by atoms with Gasteiger partial charge in [0, 0.05) is 29.2 Å². The molecule has 0 bridgehead atoms. The van der Waals surface area contributed by atoms with Crippen LogP contribution in [0.3, 0.4) is 0 Å². The molecule has 3 aromatic rings. The third-order valence-corrected chi connectivity index (χ3v) is 4.43. The molecule has 0 atom stereocenters. The average molecular weight is 384 g/mol. The quantitative estimate of drug-likeness (QED) is 0.731. The molecule has 0 aliphatic heterocycles. The monoisotopic (exact) mass is 384 g/mol. The molecule has 1 amide bonds. The lowest BCUT2D eigenvalue weighted by atomic mass is 10.0. The summed E-state index contributed by atoms with van der Waals surface area (Å²) < 4.78 is 29.1. The molecular formula is C19H18F2N6O. The molecule has 144 valence electrons.